The van der Waals surface area contributed by atoms with Gasteiger partial charge in [0.05, 0.1) is 11.0 Å². The van der Waals surface area contributed by atoms with E-state index in [1.165, 1.54) is 0 Å². The summed E-state index contributed by atoms with van der Waals surface area (Å²) in [6, 6.07) is 9.59. The van der Waals surface area contributed by atoms with Crippen molar-refractivity contribution < 1.29 is 4.92 Å². The van der Waals surface area contributed by atoms with E-state index in [2.05, 4.69) is 26.3 Å². The lowest BCUT2D eigenvalue weighted by Gasteiger charge is -2.26. The number of anilines is 2. The summed E-state index contributed by atoms with van der Waals surface area (Å²) in [6.45, 7) is 0. The molecule has 2 aromatic rings. The first-order valence-electron chi connectivity index (χ1n) is 5.99. The summed E-state index contributed by atoms with van der Waals surface area (Å²) in [5, 5.41) is 18.6. The largest absolute Gasteiger partial charge is 0.345 e. The highest BCUT2D eigenvalue weighted by molar-refractivity contribution is 9.10. The number of nitrogens with one attached hydrogen (secondary N) is 1. The molecule has 1 aliphatic rings. The van der Waals surface area contributed by atoms with Crippen LogP contribution in [0.2, 0.25) is 0 Å². The Morgan fingerprint density at radius 3 is 2.65 bits per heavy atom. The van der Waals surface area contributed by atoms with E-state index < -0.39 is 4.92 Å². The van der Waals surface area contributed by atoms with Crippen LogP contribution < -0.4 is 5.32 Å². The van der Waals surface area contributed by atoms with E-state index in [0.717, 1.165) is 17.2 Å². The number of nitro groups is 1. The van der Waals surface area contributed by atoms with E-state index in [0.29, 0.717) is 5.82 Å². The molecule has 1 aromatic heterocycles. The molecule has 0 amide bonds. The third-order valence-corrected chi connectivity index (χ3v) is 4.80. The first kappa shape index (κ1) is 13.4. The average Bonchev–Trinajstić information content (AvgIpc) is 2.65. The highest BCUT2D eigenvalue weighted by Gasteiger charge is 2.32. The smallest absolute Gasteiger partial charge is 0.335 e. The summed E-state index contributed by atoms with van der Waals surface area (Å²) < 4.78 is 1.98. The van der Waals surface area contributed by atoms with Crippen molar-refractivity contribution in [2.75, 3.05) is 16.8 Å². The van der Waals surface area contributed by atoms with Gasteiger partial charge in [-0.3, -0.25) is 10.1 Å². The van der Waals surface area contributed by atoms with E-state index in [1.54, 1.807) is 16.4 Å². The molecule has 1 N–H and O–H groups in total. The van der Waals surface area contributed by atoms with Gasteiger partial charge in [-0.2, -0.15) is 16.9 Å². The molecule has 8 heteroatoms. The molecule has 6 nitrogen and oxygen atoms in total. The van der Waals surface area contributed by atoms with Crippen LogP contribution in [-0.2, 0) is 0 Å². The maximum absolute atomic E-state index is 11.3. The van der Waals surface area contributed by atoms with Gasteiger partial charge in [0, 0.05) is 17.2 Å². The van der Waals surface area contributed by atoms with Gasteiger partial charge in [0.1, 0.15) is 0 Å². The third kappa shape index (κ3) is 2.40. The highest BCUT2D eigenvalue weighted by atomic mass is 79.9. The predicted molar refractivity (Wildman–Crippen MR) is 82.7 cm³/mol. The zero-order chi connectivity index (χ0) is 14.1. The van der Waals surface area contributed by atoms with Crippen LogP contribution in [-0.4, -0.2) is 26.2 Å². The molecule has 0 spiro atoms. The quantitative estimate of drug-likeness (QED) is 0.670. The van der Waals surface area contributed by atoms with E-state index >= 15 is 0 Å². The Bertz CT molecular complexity index is 642. The van der Waals surface area contributed by atoms with Crippen LogP contribution in [0.1, 0.15) is 6.04 Å². The van der Waals surface area contributed by atoms with Crippen molar-refractivity contribution in [1.82, 2.24) is 9.78 Å². The fourth-order valence-corrected chi connectivity index (χ4v) is 3.20. The number of hydrogen-bond donors (Lipinski definition) is 1. The van der Waals surface area contributed by atoms with Crippen molar-refractivity contribution in [1.29, 1.82) is 0 Å². The van der Waals surface area contributed by atoms with Crippen molar-refractivity contribution in [2.45, 2.75) is 6.04 Å². The SMILES string of the molecule is O=[N+]([O-])c1c(Br)nn(C2CSC2)c1Nc1ccccc1. The van der Waals surface area contributed by atoms with Gasteiger partial charge in [-0.15, -0.1) is 0 Å². The molecular weight excluding hydrogens is 344 g/mol. The van der Waals surface area contributed by atoms with E-state index in [-0.39, 0.29) is 16.3 Å². The van der Waals surface area contributed by atoms with E-state index in [1.807, 2.05) is 30.3 Å². The highest BCUT2D eigenvalue weighted by Crippen LogP contribution is 2.40. The number of thioether (sulfide) groups is 1. The second-order valence-corrected chi connectivity index (χ2v) is 6.20. The Labute approximate surface area is 127 Å². The fraction of sp³-hybridized carbons (Fsp3) is 0.250. The molecule has 1 fully saturated rings. The van der Waals surface area contributed by atoms with Crippen molar-refractivity contribution in [2.24, 2.45) is 0 Å². The van der Waals surface area contributed by atoms with Gasteiger partial charge in [0.25, 0.3) is 0 Å². The number of aromatic nitrogens is 2. The summed E-state index contributed by atoms with van der Waals surface area (Å²) in [6.07, 6.45) is 0. The maximum Gasteiger partial charge on any atom is 0.345 e. The zero-order valence-corrected chi connectivity index (χ0v) is 12.7. The number of para-hydroxylation sites is 1. The van der Waals surface area contributed by atoms with Crippen LogP contribution in [0.4, 0.5) is 17.2 Å². The first-order valence-corrected chi connectivity index (χ1v) is 7.94. The van der Waals surface area contributed by atoms with Gasteiger partial charge in [-0.1, -0.05) is 18.2 Å². The fourth-order valence-electron chi connectivity index (χ4n) is 1.96. The zero-order valence-electron chi connectivity index (χ0n) is 10.3. The van der Waals surface area contributed by atoms with Gasteiger partial charge in [-0.25, -0.2) is 4.68 Å². The maximum atomic E-state index is 11.3. The molecule has 20 heavy (non-hydrogen) atoms. The number of nitrogens with zero attached hydrogens (tertiary/aromatic N) is 3. The summed E-state index contributed by atoms with van der Waals surface area (Å²) in [5.41, 5.74) is 0.780. The van der Waals surface area contributed by atoms with Crippen LogP contribution in [0.5, 0.6) is 0 Å². The van der Waals surface area contributed by atoms with Crippen molar-refractivity contribution in [3.8, 4) is 0 Å². The molecule has 0 aliphatic carbocycles. The Balaban J connectivity index is 2.03. The van der Waals surface area contributed by atoms with Gasteiger partial charge in [0.15, 0.2) is 0 Å². The molecule has 0 unspecified atom stereocenters. The van der Waals surface area contributed by atoms with Gasteiger partial charge >= 0.3 is 5.69 Å². The number of rotatable bonds is 4. The predicted octanol–water partition coefficient (Wildman–Crippen LogP) is 3.59. The van der Waals surface area contributed by atoms with Crippen molar-refractivity contribution >= 4 is 44.9 Å². The molecular formula is C12H11BrN4O2S. The minimum absolute atomic E-state index is 0.0225. The van der Waals surface area contributed by atoms with Crippen LogP contribution in [0.15, 0.2) is 34.9 Å². The number of hydrogen-bond acceptors (Lipinski definition) is 5. The summed E-state index contributed by atoms with van der Waals surface area (Å²) in [7, 11) is 0. The Morgan fingerprint density at radius 1 is 1.40 bits per heavy atom. The second kappa shape index (κ2) is 5.45. The minimum Gasteiger partial charge on any atom is -0.335 e. The Morgan fingerprint density at radius 2 is 2.10 bits per heavy atom. The normalized spacial score (nSPS) is 14.8. The van der Waals surface area contributed by atoms with Crippen molar-refractivity contribution in [3.05, 3.63) is 45.0 Å². The Kier molecular flexibility index (Phi) is 3.66. The molecule has 1 saturated heterocycles. The lowest BCUT2D eigenvalue weighted by molar-refractivity contribution is -0.384. The third-order valence-electron chi connectivity index (χ3n) is 3.03. The molecule has 2 heterocycles. The van der Waals surface area contributed by atoms with Gasteiger partial charge in [0.2, 0.25) is 10.4 Å². The molecule has 0 saturated carbocycles. The lowest BCUT2D eigenvalue weighted by Crippen LogP contribution is -2.25. The number of halogens is 1. The molecule has 0 radical (unpaired) electrons. The molecule has 1 aromatic carbocycles. The van der Waals surface area contributed by atoms with Crippen LogP contribution in [0.3, 0.4) is 0 Å². The molecule has 3 rings (SSSR count). The van der Waals surface area contributed by atoms with Crippen LogP contribution in [0, 0.1) is 10.1 Å². The minimum atomic E-state index is -0.412. The van der Waals surface area contributed by atoms with Crippen molar-refractivity contribution in [3.63, 3.8) is 0 Å². The van der Waals surface area contributed by atoms with E-state index in [9.17, 15) is 10.1 Å². The molecule has 0 atom stereocenters. The summed E-state index contributed by atoms with van der Waals surface area (Å²) in [5.74, 6) is 2.28. The summed E-state index contributed by atoms with van der Waals surface area (Å²) >= 11 is 4.99. The molecule has 104 valence electrons. The lowest BCUT2D eigenvalue weighted by atomic mass is 10.3. The topological polar surface area (TPSA) is 73.0 Å². The van der Waals surface area contributed by atoms with Gasteiger partial charge < -0.3 is 5.32 Å². The van der Waals surface area contributed by atoms with Crippen LogP contribution >= 0.6 is 27.7 Å². The van der Waals surface area contributed by atoms with Gasteiger partial charge in [-0.05, 0) is 28.1 Å². The molecule has 1 aliphatic heterocycles. The summed E-state index contributed by atoms with van der Waals surface area (Å²) in [4.78, 5) is 10.8. The number of benzene rings is 1. The Hall–Kier alpha value is -1.54. The van der Waals surface area contributed by atoms with Crippen LogP contribution in [0.25, 0.3) is 0 Å². The molecule has 0 bridgehead atoms. The first-order chi connectivity index (χ1) is 9.66. The monoisotopic (exact) mass is 354 g/mol. The standard InChI is InChI=1S/C12H11BrN4O2S/c13-11-10(17(18)19)12(14-8-4-2-1-3-5-8)16(15-11)9-6-20-7-9/h1-5,9,14H,6-7H2. The second-order valence-electron chi connectivity index (χ2n) is 4.37. The average molecular weight is 355 g/mol. The van der Waals surface area contributed by atoms with E-state index in [4.69, 9.17) is 0 Å².